The zero-order chi connectivity index (χ0) is 36.1. The maximum Gasteiger partial charge on any atom is 0.213 e. The van der Waals surface area contributed by atoms with Gasteiger partial charge in [-0.25, -0.2) is 0 Å². The Bertz CT molecular complexity index is 2530. The number of rotatable bonds is 5. The number of allylic oxidation sites excluding steroid dienone is 5. The van der Waals surface area contributed by atoms with Crippen molar-refractivity contribution in [3.63, 3.8) is 0 Å². The highest BCUT2D eigenvalue weighted by atomic mass is 15.0. The molecule has 4 nitrogen and oxygen atoms in total. The van der Waals surface area contributed by atoms with E-state index in [2.05, 4.69) is 189 Å². The van der Waals surface area contributed by atoms with Crippen molar-refractivity contribution in [2.24, 2.45) is 21.1 Å². The van der Waals surface area contributed by atoms with Crippen LogP contribution in [0, 0.1) is 20.8 Å². The maximum absolute atomic E-state index is 2.37. The Hall–Kier alpha value is -5.61. The Morgan fingerprint density at radius 2 is 0.961 bits per heavy atom. The molecule has 4 heteroatoms. The Morgan fingerprint density at radius 1 is 0.549 bits per heavy atom. The minimum atomic E-state index is 1.24. The highest BCUT2D eigenvalue weighted by Crippen LogP contribution is 2.43. The molecule has 7 aromatic rings. The van der Waals surface area contributed by atoms with Crippen molar-refractivity contribution >= 4 is 60.8 Å². The molecule has 0 atom stereocenters. The topological polar surface area (TPSA) is 17.8 Å². The van der Waals surface area contributed by atoms with Crippen LogP contribution in [-0.2, 0) is 21.1 Å². The molecule has 0 unspecified atom stereocenters. The molecule has 0 saturated heterocycles. The van der Waals surface area contributed by atoms with Gasteiger partial charge in [0.25, 0.3) is 0 Å². The first-order valence-corrected chi connectivity index (χ1v) is 18.1. The highest BCUT2D eigenvalue weighted by molar-refractivity contribution is 6.32. The van der Waals surface area contributed by atoms with Gasteiger partial charge in [0, 0.05) is 101 Å². The fraction of sp³-hybridized carbons (Fsp3) is 0.213. The molecule has 0 bridgehead atoms. The van der Waals surface area contributed by atoms with Gasteiger partial charge >= 0.3 is 0 Å². The molecule has 0 aliphatic carbocycles. The van der Waals surface area contributed by atoms with Crippen LogP contribution in [0.3, 0.4) is 0 Å². The summed E-state index contributed by atoms with van der Waals surface area (Å²) in [4.78, 5) is 0. The van der Waals surface area contributed by atoms with Crippen molar-refractivity contribution in [1.82, 2.24) is 13.7 Å². The Kier molecular flexibility index (Phi) is 8.81. The summed E-state index contributed by atoms with van der Waals surface area (Å²) >= 11 is 0. The van der Waals surface area contributed by atoms with E-state index in [9.17, 15) is 0 Å². The molecular weight excluding hydrogens is 621 g/mol. The van der Waals surface area contributed by atoms with Crippen LogP contribution in [0.15, 0.2) is 115 Å². The summed E-state index contributed by atoms with van der Waals surface area (Å²) in [6, 6.07) is 35.2. The number of aromatic nitrogens is 3. The van der Waals surface area contributed by atoms with Crippen molar-refractivity contribution < 1.29 is 4.58 Å². The molecule has 51 heavy (non-hydrogen) atoms. The van der Waals surface area contributed by atoms with Gasteiger partial charge in [-0.1, -0.05) is 98.8 Å². The molecule has 4 aromatic carbocycles. The molecule has 0 N–H and O–H groups in total. The van der Waals surface area contributed by atoms with Gasteiger partial charge in [0.05, 0.1) is 11.1 Å². The molecule has 1 aliphatic heterocycles. The summed E-state index contributed by atoms with van der Waals surface area (Å²) in [5, 5.41) is 3.82. The first-order valence-electron chi connectivity index (χ1n) is 18.1. The summed E-state index contributed by atoms with van der Waals surface area (Å²) < 4.78 is 9.33. The SMILES string of the molecule is CC.CC1=[N+](C)c2ccccc2/C1=C(/C=C/C=C(c1c(C)n(C)c2ccccc12)c1c(C)n(C)c2ccccc12)c1c(C)n(C)c2ccccc12. The van der Waals surface area contributed by atoms with Crippen LogP contribution in [0.4, 0.5) is 5.69 Å². The van der Waals surface area contributed by atoms with Crippen LogP contribution in [0.5, 0.6) is 0 Å². The van der Waals surface area contributed by atoms with Gasteiger partial charge in [0.2, 0.25) is 5.69 Å². The standard InChI is InChI=1S/C45H43N4.C2H6/c1-28-42(32-18-9-13-24-38(32)46(28)5)36(43-29(2)47(6)39-25-14-10-19-33(39)43)22-17-23-37(44-30(3)48(7)40-26-15-11-20-34(40)44)45-31(4)49(8)41-27-16-12-21-35(41)45;1-2/h9-27H,1-8H3;1-2H3/q+1;. The van der Waals surface area contributed by atoms with Crippen LogP contribution >= 0.6 is 0 Å². The molecule has 0 spiro atoms. The van der Waals surface area contributed by atoms with Gasteiger partial charge in [0.15, 0.2) is 5.71 Å². The van der Waals surface area contributed by atoms with Crippen molar-refractivity contribution in [3.05, 3.63) is 155 Å². The van der Waals surface area contributed by atoms with E-state index >= 15 is 0 Å². The Morgan fingerprint density at radius 3 is 1.47 bits per heavy atom. The van der Waals surface area contributed by atoms with Crippen molar-refractivity contribution in [1.29, 1.82) is 0 Å². The third-order valence-corrected chi connectivity index (χ3v) is 11.2. The summed E-state index contributed by atoms with van der Waals surface area (Å²) in [6.45, 7) is 13.0. The number of hydrogen-bond acceptors (Lipinski definition) is 0. The third kappa shape index (κ3) is 5.16. The third-order valence-electron chi connectivity index (χ3n) is 11.2. The van der Waals surface area contributed by atoms with E-state index in [1.807, 2.05) is 13.8 Å². The molecule has 0 amide bonds. The van der Waals surface area contributed by atoms with Gasteiger partial charge in [-0.3, -0.25) is 0 Å². The minimum absolute atomic E-state index is 1.24. The van der Waals surface area contributed by atoms with E-state index in [-0.39, 0.29) is 0 Å². The van der Waals surface area contributed by atoms with E-state index in [1.54, 1.807) is 0 Å². The molecule has 3 aromatic heterocycles. The predicted molar refractivity (Wildman–Crippen MR) is 220 cm³/mol. The average molecular weight is 670 g/mol. The van der Waals surface area contributed by atoms with Gasteiger partial charge in [-0.05, 0) is 56.2 Å². The lowest BCUT2D eigenvalue weighted by Crippen LogP contribution is -2.04. The second-order valence-electron chi connectivity index (χ2n) is 13.5. The fourth-order valence-corrected chi connectivity index (χ4v) is 8.27. The maximum atomic E-state index is 2.37. The van der Waals surface area contributed by atoms with Crippen molar-refractivity contribution in [2.75, 3.05) is 7.05 Å². The second kappa shape index (κ2) is 13.3. The highest BCUT2D eigenvalue weighted by Gasteiger charge is 2.32. The average Bonchev–Trinajstić information content (AvgIpc) is 3.77. The monoisotopic (exact) mass is 669 g/mol. The van der Waals surface area contributed by atoms with Gasteiger partial charge in [-0.2, -0.15) is 4.58 Å². The molecular formula is C47H49N4+. The normalized spacial score (nSPS) is 13.8. The zero-order valence-corrected chi connectivity index (χ0v) is 31.8. The van der Waals surface area contributed by atoms with Gasteiger partial charge in [0.1, 0.15) is 7.05 Å². The minimum Gasteiger partial charge on any atom is -0.347 e. The van der Waals surface area contributed by atoms with E-state index in [0.29, 0.717) is 0 Å². The molecule has 0 radical (unpaired) electrons. The number of para-hydroxylation sites is 4. The molecule has 0 saturated carbocycles. The smallest absolute Gasteiger partial charge is 0.213 e. The Labute approximate surface area is 302 Å². The van der Waals surface area contributed by atoms with Crippen molar-refractivity contribution in [2.45, 2.75) is 41.5 Å². The van der Waals surface area contributed by atoms with E-state index in [4.69, 9.17) is 0 Å². The summed E-state index contributed by atoms with van der Waals surface area (Å²) in [5.74, 6) is 0. The van der Waals surface area contributed by atoms with Crippen LogP contribution < -0.4 is 0 Å². The largest absolute Gasteiger partial charge is 0.347 e. The van der Waals surface area contributed by atoms with Crippen molar-refractivity contribution in [3.8, 4) is 0 Å². The van der Waals surface area contributed by atoms with E-state index in [1.165, 1.54) is 100 Å². The van der Waals surface area contributed by atoms with E-state index < -0.39 is 0 Å². The zero-order valence-electron chi connectivity index (χ0n) is 31.8. The summed E-state index contributed by atoms with van der Waals surface area (Å²) in [5.41, 5.74) is 18.9. The fourth-order valence-electron chi connectivity index (χ4n) is 8.27. The molecule has 4 heterocycles. The Balaban J connectivity index is 0.00000200. The molecule has 0 fully saturated rings. The lowest BCUT2D eigenvalue weighted by atomic mass is 9.90. The first-order chi connectivity index (χ1) is 24.7. The number of hydrogen-bond donors (Lipinski definition) is 0. The molecule has 8 rings (SSSR count). The van der Waals surface area contributed by atoms with Crippen LogP contribution in [0.2, 0.25) is 0 Å². The first kappa shape index (κ1) is 33.9. The lowest BCUT2D eigenvalue weighted by molar-refractivity contribution is -0.401. The predicted octanol–water partition coefficient (Wildman–Crippen LogP) is 11.5. The van der Waals surface area contributed by atoms with Gasteiger partial charge < -0.3 is 13.7 Å². The number of nitrogens with zero attached hydrogens (tertiary/aromatic N) is 4. The number of benzene rings is 4. The summed E-state index contributed by atoms with van der Waals surface area (Å²) in [6.07, 6.45) is 7.03. The quantitative estimate of drug-likeness (QED) is 0.128. The number of fused-ring (bicyclic) bond motifs is 4. The van der Waals surface area contributed by atoms with Crippen LogP contribution in [0.25, 0.3) is 49.4 Å². The molecule has 1 aliphatic rings. The van der Waals surface area contributed by atoms with E-state index in [0.717, 1.165) is 0 Å². The van der Waals surface area contributed by atoms with Gasteiger partial charge in [-0.15, -0.1) is 0 Å². The van der Waals surface area contributed by atoms with Crippen LogP contribution in [0.1, 0.15) is 60.1 Å². The lowest BCUT2D eigenvalue weighted by Gasteiger charge is -2.12. The summed E-state index contributed by atoms with van der Waals surface area (Å²) in [7, 11) is 8.73. The molecule has 256 valence electrons. The number of aryl methyl sites for hydroxylation is 3. The van der Waals surface area contributed by atoms with Crippen LogP contribution in [-0.4, -0.2) is 31.0 Å². The second-order valence-corrected chi connectivity index (χ2v) is 13.5.